The fraction of sp³-hybridized carbons (Fsp3) is 0.545. The van der Waals surface area contributed by atoms with E-state index in [-0.39, 0.29) is 0 Å². The van der Waals surface area contributed by atoms with Crippen LogP contribution in [0.4, 0.5) is 0 Å². The Morgan fingerprint density at radius 1 is 1.50 bits per heavy atom. The monoisotopic (exact) mass is 191 g/mol. The number of H-pyrrole nitrogens is 1. The summed E-state index contributed by atoms with van der Waals surface area (Å²) in [5, 5.41) is 3.45. The number of aromatic nitrogens is 2. The Kier molecular flexibility index (Phi) is 3.35. The molecule has 2 rings (SSSR count). The summed E-state index contributed by atoms with van der Waals surface area (Å²) < 4.78 is 0. The molecule has 0 spiro atoms. The molecule has 1 heterocycles. The Morgan fingerprint density at radius 2 is 2.50 bits per heavy atom. The smallest absolute Gasteiger partial charge is 0.0922 e. The Morgan fingerprint density at radius 3 is 3.21 bits per heavy atom. The largest absolute Gasteiger partial charge is 0.347 e. The third-order valence-electron chi connectivity index (χ3n) is 2.68. The lowest BCUT2D eigenvalue weighted by Crippen LogP contribution is -2.23. The van der Waals surface area contributed by atoms with Crippen molar-refractivity contribution < 1.29 is 0 Å². The number of nitrogens with zero attached hydrogens (tertiary/aromatic N) is 1. The van der Waals surface area contributed by atoms with Gasteiger partial charge in [-0.3, -0.25) is 0 Å². The molecular formula is C11H17N3. The van der Waals surface area contributed by atoms with Crippen LogP contribution in [0.5, 0.6) is 0 Å². The van der Waals surface area contributed by atoms with Gasteiger partial charge in [0.2, 0.25) is 0 Å². The van der Waals surface area contributed by atoms with Crippen molar-refractivity contribution in [3.63, 3.8) is 0 Å². The highest BCUT2D eigenvalue weighted by atomic mass is 14.9. The average molecular weight is 191 g/mol. The van der Waals surface area contributed by atoms with E-state index < -0.39 is 0 Å². The van der Waals surface area contributed by atoms with Crippen LogP contribution in [0.1, 0.15) is 25.0 Å². The molecule has 0 amide bonds. The van der Waals surface area contributed by atoms with Crippen LogP contribution in [0.2, 0.25) is 0 Å². The van der Waals surface area contributed by atoms with Crippen molar-refractivity contribution in [3.05, 3.63) is 30.4 Å². The first kappa shape index (κ1) is 9.46. The minimum Gasteiger partial charge on any atom is -0.347 e. The molecule has 1 atom stereocenters. The van der Waals surface area contributed by atoms with E-state index in [1.807, 2.05) is 6.20 Å². The summed E-state index contributed by atoms with van der Waals surface area (Å²) in [6, 6.07) is 0. The zero-order chi connectivity index (χ0) is 9.64. The van der Waals surface area contributed by atoms with Crippen molar-refractivity contribution in [1.82, 2.24) is 15.3 Å². The molecule has 0 saturated carbocycles. The second-order valence-corrected chi connectivity index (χ2v) is 3.86. The first-order valence-corrected chi connectivity index (χ1v) is 5.28. The van der Waals surface area contributed by atoms with Crippen molar-refractivity contribution in [2.75, 3.05) is 6.54 Å². The number of imidazole rings is 1. The van der Waals surface area contributed by atoms with E-state index in [1.54, 1.807) is 6.33 Å². The summed E-state index contributed by atoms with van der Waals surface area (Å²) in [4.78, 5) is 7.07. The number of rotatable bonds is 4. The van der Waals surface area contributed by atoms with Crippen molar-refractivity contribution in [2.45, 2.75) is 25.8 Å². The maximum atomic E-state index is 3.98. The van der Waals surface area contributed by atoms with Gasteiger partial charge >= 0.3 is 0 Å². The fourth-order valence-corrected chi connectivity index (χ4v) is 1.83. The highest BCUT2D eigenvalue weighted by molar-refractivity contribution is 4.94. The van der Waals surface area contributed by atoms with Crippen molar-refractivity contribution in [3.8, 4) is 0 Å². The maximum Gasteiger partial charge on any atom is 0.0922 e. The van der Waals surface area contributed by atoms with Crippen LogP contribution >= 0.6 is 0 Å². The molecule has 3 nitrogen and oxygen atoms in total. The van der Waals surface area contributed by atoms with Gasteiger partial charge < -0.3 is 10.3 Å². The predicted octanol–water partition coefficient (Wildman–Crippen LogP) is 1.86. The van der Waals surface area contributed by atoms with Gasteiger partial charge in [0, 0.05) is 18.4 Å². The van der Waals surface area contributed by atoms with E-state index in [1.165, 1.54) is 19.3 Å². The molecule has 0 saturated heterocycles. The van der Waals surface area contributed by atoms with Crippen molar-refractivity contribution in [1.29, 1.82) is 0 Å². The van der Waals surface area contributed by atoms with Gasteiger partial charge in [0.15, 0.2) is 0 Å². The predicted molar refractivity (Wildman–Crippen MR) is 56.8 cm³/mol. The van der Waals surface area contributed by atoms with E-state index in [9.17, 15) is 0 Å². The van der Waals surface area contributed by atoms with Crippen LogP contribution in [0.25, 0.3) is 0 Å². The molecule has 1 aromatic heterocycles. The summed E-state index contributed by atoms with van der Waals surface area (Å²) in [6.07, 6.45) is 12.0. The summed E-state index contributed by atoms with van der Waals surface area (Å²) in [5.41, 5.74) is 1.16. The molecule has 0 fully saturated rings. The highest BCUT2D eigenvalue weighted by Gasteiger charge is 2.08. The third kappa shape index (κ3) is 2.70. The number of aromatic amines is 1. The van der Waals surface area contributed by atoms with Crippen LogP contribution < -0.4 is 5.32 Å². The normalized spacial score (nSPS) is 21.3. The first-order valence-electron chi connectivity index (χ1n) is 5.28. The minimum absolute atomic E-state index is 0.822. The van der Waals surface area contributed by atoms with Gasteiger partial charge in [-0.1, -0.05) is 12.2 Å². The molecule has 1 unspecified atom stereocenters. The van der Waals surface area contributed by atoms with E-state index in [4.69, 9.17) is 0 Å². The Hall–Kier alpha value is -1.09. The molecule has 1 aliphatic carbocycles. The zero-order valence-corrected chi connectivity index (χ0v) is 8.37. The van der Waals surface area contributed by atoms with Crippen LogP contribution in [0.15, 0.2) is 24.7 Å². The highest BCUT2D eigenvalue weighted by Crippen LogP contribution is 2.16. The Balaban J connectivity index is 1.65. The summed E-state index contributed by atoms with van der Waals surface area (Å²) >= 11 is 0. The molecule has 76 valence electrons. The molecule has 3 heteroatoms. The minimum atomic E-state index is 0.822. The maximum absolute atomic E-state index is 3.98. The van der Waals surface area contributed by atoms with Crippen molar-refractivity contribution >= 4 is 0 Å². The van der Waals surface area contributed by atoms with Crippen LogP contribution in [-0.2, 0) is 6.54 Å². The SMILES string of the molecule is C1=CCC(CNCc2cnc[nH]2)CC1. The molecule has 1 aliphatic rings. The topological polar surface area (TPSA) is 40.7 Å². The first-order chi connectivity index (χ1) is 6.95. The van der Waals surface area contributed by atoms with Crippen LogP contribution in [0.3, 0.4) is 0 Å². The lowest BCUT2D eigenvalue weighted by Gasteiger charge is -2.17. The molecular weight excluding hydrogens is 174 g/mol. The Labute approximate surface area is 84.6 Å². The molecule has 1 aromatic rings. The number of hydrogen-bond donors (Lipinski definition) is 2. The fourth-order valence-electron chi connectivity index (χ4n) is 1.83. The van der Waals surface area contributed by atoms with Crippen LogP contribution in [0, 0.1) is 5.92 Å². The Bertz CT molecular complexity index is 277. The van der Waals surface area contributed by atoms with Crippen molar-refractivity contribution in [2.24, 2.45) is 5.92 Å². The lowest BCUT2D eigenvalue weighted by molar-refractivity contribution is 0.439. The second-order valence-electron chi connectivity index (χ2n) is 3.86. The summed E-state index contributed by atoms with van der Waals surface area (Å²) in [7, 11) is 0. The molecule has 0 aliphatic heterocycles. The molecule has 0 bridgehead atoms. The number of nitrogens with one attached hydrogen (secondary N) is 2. The number of allylic oxidation sites excluding steroid dienone is 2. The van der Waals surface area contributed by atoms with E-state index in [2.05, 4.69) is 27.4 Å². The summed E-state index contributed by atoms with van der Waals surface area (Å²) in [6.45, 7) is 2.02. The molecule has 2 N–H and O–H groups in total. The molecule has 0 aromatic carbocycles. The molecule has 0 radical (unpaired) electrons. The van der Waals surface area contributed by atoms with Gasteiger partial charge in [-0.2, -0.15) is 0 Å². The van der Waals surface area contributed by atoms with E-state index in [0.717, 1.165) is 24.7 Å². The second kappa shape index (κ2) is 4.96. The zero-order valence-electron chi connectivity index (χ0n) is 8.37. The quantitative estimate of drug-likeness (QED) is 0.713. The van der Waals surface area contributed by atoms with E-state index in [0.29, 0.717) is 0 Å². The van der Waals surface area contributed by atoms with Gasteiger partial charge in [0.1, 0.15) is 0 Å². The van der Waals surface area contributed by atoms with Crippen LogP contribution in [-0.4, -0.2) is 16.5 Å². The molecule has 14 heavy (non-hydrogen) atoms. The van der Waals surface area contributed by atoms with Gasteiger partial charge in [-0.15, -0.1) is 0 Å². The summed E-state index contributed by atoms with van der Waals surface area (Å²) in [5.74, 6) is 0.822. The number of hydrogen-bond acceptors (Lipinski definition) is 2. The third-order valence-corrected chi connectivity index (χ3v) is 2.68. The van der Waals surface area contributed by atoms with Gasteiger partial charge in [0.25, 0.3) is 0 Å². The average Bonchev–Trinajstić information content (AvgIpc) is 2.72. The van der Waals surface area contributed by atoms with Gasteiger partial charge in [0.05, 0.1) is 6.33 Å². The van der Waals surface area contributed by atoms with Gasteiger partial charge in [-0.25, -0.2) is 4.98 Å². The van der Waals surface area contributed by atoms with Gasteiger partial charge in [-0.05, 0) is 31.7 Å². The van der Waals surface area contributed by atoms with E-state index >= 15 is 0 Å². The standard InChI is InChI=1S/C11H17N3/c1-2-4-10(5-3-1)6-12-7-11-8-13-9-14-11/h1-2,8-10,12H,3-7H2,(H,13,14). The lowest BCUT2D eigenvalue weighted by atomic mass is 9.94.